The van der Waals surface area contributed by atoms with Crippen molar-refractivity contribution in [2.45, 2.75) is 22.7 Å². The maximum atomic E-state index is 13.9. The van der Waals surface area contributed by atoms with Gasteiger partial charge in [-0.25, -0.2) is 4.90 Å². The predicted octanol–water partition coefficient (Wildman–Crippen LogP) is 3.45. The molecule has 1 saturated heterocycles. The molecule has 10 nitrogen and oxygen atoms in total. The molecule has 12 heteroatoms. The molecular weight excluding hydrogens is 552 g/mol. The lowest BCUT2D eigenvalue weighted by Gasteiger charge is -2.30. The Morgan fingerprint density at radius 1 is 1.05 bits per heavy atom. The minimum Gasteiger partial charge on any atom is -0.508 e. The van der Waals surface area contributed by atoms with Crippen LogP contribution in [0.3, 0.4) is 0 Å². The molecule has 40 heavy (non-hydrogen) atoms. The number of thiazole rings is 1. The van der Waals surface area contributed by atoms with Crippen LogP contribution in [0, 0.1) is 5.92 Å². The lowest BCUT2D eigenvalue weighted by atomic mass is 9.84. The van der Waals surface area contributed by atoms with E-state index in [4.69, 9.17) is 4.74 Å². The molecule has 2 aromatic heterocycles. The molecule has 2 aliphatic rings. The van der Waals surface area contributed by atoms with Gasteiger partial charge >= 0.3 is 4.87 Å². The first-order valence-electron chi connectivity index (χ1n) is 12.3. The molecular formula is C28H22N4O6S2. The lowest BCUT2D eigenvalue weighted by Crippen LogP contribution is -2.33. The number of pyridine rings is 1. The SMILES string of the molecule is COc1ccc(N2C(=O)[C@H]3[C@H](c4cccnc4)c4sc(=O)n(CC(=O)Nc5ccc(O)cc5)c4S[C@H]3C2=O)cc1. The van der Waals surface area contributed by atoms with E-state index in [0.717, 1.165) is 23.1 Å². The highest BCUT2D eigenvalue weighted by Gasteiger charge is 2.56. The number of fused-ring (bicyclic) bond motifs is 2. The van der Waals surface area contributed by atoms with Gasteiger partial charge in [-0.3, -0.25) is 28.7 Å². The van der Waals surface area contributed by atoms with Gasteiger partial charge in [0.25, 0.3) is 0 Å². The summed E-state index contributed by atoms with van der Waals surface area (Å²) < 4.78 is 6.57. The van der Waals surface area contributed by atoms with Crippen molar-refractivity contribution < 1.29 is 24.2 Å². The summed E-state index contributed by atoms with van der Waals surface area (Å²) in [5.41, 5.74) is 1.61. The highest BCUT2D eigenvalue weighted by molar-refractivity contribution is 8.00. The molecule has 202 valence electrons. The predicted molar refractivity (Wildman–Crippen MR) is 150 cm³/mol. The monoisotopic (exact) mass is 574 g/mol. The van der Waals surface area contributed by atoms with Crippen molar-refractivity contribution in [1.82, 2.24) is 9.55 Å². The molecule has 2 aliphatic heterocycles. The average Bonchev–Trinajstić information content (AvgIpc) is 3.41. The van der Waals surface area contributed by atoms with E-state index in [1.807, 2.05) is 6.07 Å². The van der Waals surface area contributed by atoms with Crippen LogP contribution in [0.1, 0.15) is 16.4 Å². The first-order valence-corrected chi connectivity index (χ1v) is 14.0. The van der Waals surface area contributed by atoms with Crippen molar-refractivity contribution in [2.24, 2.45) is 5.92 Å². The van der Waals surface area contributed by atoms with Crippen LogP contribution in [-0.4, -0.2) is 44.7 Å². The maximum absolute atomic E-state index is 13.9. The number of hydrogen-bond acceptors (Lipinski definition) is 9. The number of carbonyl (C=O) groups is 3. The van der Waals surface area contributed by atoms with Crippen LogP contribution in [0.2, 0.25) is 0 Å². The summed E-state index contributed by atoms with van der Waals surface area (Å²) in [6, 6.07) is 16.3. The van der Waals surface area contributed by atoms with Crippen LogP contribution in [0.4, 0.5) is 11.4 Å². The minimum atomic E-state index is -0.798. The fourth-order valence-corrected chi connectivity index (χ4v) is 7.82. The van der Waals surface area contributed by atoms with Crippen LogP contribution in [0.5, 0.6) is 11.5 Å². The van der Waals surface area contributed by atoms with Crippen LogP contribution in [0.15, 0.2) is 82.9 Å². The summed E-state index contributed by atoms with van der Waals surface area (Å²) in [6.45, 7) is -0.278. The molecule has 0 unspecified atom stereocenters. The van der Waals surface area contributed by atoms with Crippen molar-refractivity contribution >= 4 is 52.2 Å². The Balaban J connectivity index is 1.38. The molecule has 0 bridgehead atoms. The number of amides is 3. The summed E-state index contributed by atoms with van der Waals surface area (Å²) >= 11 is 2.12. The standard InChI is InChI=1S/C28H22N4O6S2/c1-38-19-10-6-17(7-11-19)32-25(35)22-21(15-3-2-12-29-13-15)24-27(39-23(22)26(32)36)31(28(37)40-24)14-20(34)30-16-4-8-18(33)9-5-16/h2-13,21-23,33H,14H2,1H3,(H,30,34)/t21-,22-,23+/m0/s1. The number of methoxy groups -OCH3 is 1. The van der Waals surface area contributed by atoms with E-state index < -0.39 is 23.0 Å². The summed E-state index contributed by atoms with van der Waals surface area (Å²) in [5.74, 6) is -1.87. The summed E-state index contributed by atoms with van der Waals surface area (Å²) in [4.78, 5) is 59.4. The van der Waals surface area contributed by atoms with Crippen molar-refractivity contribution in [3.8, 4) is 11.5 Å². The molecule has 0 saturated carbocycles. The van der Waals surface area contributed by atoms with Crippen molar-refractivity contribution in [2.75, 3.05) is 17.3 Å². The van der Waals surface area contributed by atoms with E-state index in [-0.39, 0.29) is 29.0 Å². The number of nitrogens with zero attached hydrogens (tertiary/aromatic N) is 3. The second-order valence-corrected chi connectivity index (χ2v) is 11.4. The topological polar surface area (TPSA) is 131 Å². The van der Waals surface area contributed by atoms with Crippen LogP contribution < -0.4 is 19.8 Å². The number of carbonyl (C=O) groups excluding carboxylic acids is 3. The zero-order valence-corrected chi connectivity index (χ0v) is 22.6. The number of rotatable bonds is 6. The quantitative estimate of drug-likeness (QED) is 0.265. The number of phenolic OH excluding ortho intramolecular Hbond substituents is 1. The normalized spacial score (nSPS) is 19.7. The van der Waals surface area contributed by atoms with Gasteiger partial charge in [-0.05, 0) is 60.2 Å². The Morgan fingerprint density at radius 2 is 1.80 bits per heavy atom. The molecule has 2 aromatic carbocycles. The van der Waals surface area contributed by atoms with Gasteiger partial charge in [-0.15, -0.1) is 0 Å². The zero-order chi connectivity index (χ0) is 28.0. The molecule has 0 spiro atoms. The summed E-state index contributed by atoms with van der Waals surface area (Å²) in [6.07, 6.45) is 3.26. The fraction of sp³-hybridized carbons (Fsp3) is 0.179. The average molecular weight is 575 g/mol. The molecule has 6 rings (SSSR count). The zero-order valence-electron chi connectivity index (χ0n) is 21.0. The molecule has 3 amide bonds. The Hall–Kier alpha value is -4.42. The maximum Gasteiger partial charge on any atom is 0.308 e. The number of aromatic hydroxyl groups is 1. The van der Waals surface area contributed by atoms with E-state index in [1.54, 1.807) is 54.9 Å². The Morgan fingerprint density at radius 3 is 2.48 bits per heavy atom. The minimum absolute atomic E-state index is 0.0629. The number of thioether (sulfide) groups is 1. The molecule has 2 N–H and O–H groups in total. The summed E-state index contributed by atoms with van der Waals surface area (Å²) in [7, 11) is 1.54. The van der Waals surface area contributed by atoms with Crippen molar-refractivity contribution in [3.05, 3.63) is 93.2 Å². The number of phenols is 1. The molecule has 0 radical (unpaired) electrons. The van der Waals surface area contributed by atoms with Gasteiger partial charge in [0.15, 0.2) is 0 Å². The lowest BCUT2D eigenvalue weighted by molar-refractivity contribution is -0.122. The number of nitrogens with one attached hydrogen (secondary N) is 1. The van der Waals surface area contributed by atoms with Crippen LogP contribution >= 0.6 is 23.1 Å². The number of hydrogen-bond donors (Lipinski definition) is 2. The largest absolute Gasteiger partial charge is 0.508 e. The second-order valence-electron chi connectivity index (χ2n) is 9.26. The Bertz CT molecular complexity index is 1670. The van der Waals surface area contributed by atoms with Gasteiger partial charge < -0.3 is 15.2 Å². The van der Waals surface area contributed by atoms with Gasteiger partial charge in [0.2, 0.25) is 17.7 Å². The number of benzene rings is 2. The first kappa shape index (κ1) is 25.8. The van der Waals surface area contributed by atoms with Crippen LogP contribution in [-0.2, 0) is 20.9 Å². The number of imide groups is 1. The smallest absolute Gasteiger partial charge is 0.308 e. The third kappa shape index (κ3) is 4.44. The van der Waals surface area contributed by atoms with Gasteiger partial charge in [-0.2, -0.15) is 0 Å². The highest BCUT2D eigenvalue weighted by atomic mass is 32.2. The van der Waals surface area contributed by atoms with Gasteiger partial charge in [0.05, 0.1) is 23.7 Å². The second kappa shape index (κ2) is 10.3. The van der Waals surface area contributed by atoms with Crippen molar-refractivity contribution in [1.29, 1.82) is 0 Å². The number of aromatic nitrogens is 2. The van der Waals surface area contributed by atoms with E-state index >= 15 is 0 Å². The summed E-state index contributed by atoms with van der Waals surface area (Å²) in [5, 5.41) is 11.9. The van der Waals surface area contributed by atoms with E-state index in [9.17, 15) is 24.3 Å². The molecule has 4 heterocycles. The molecule has 0 aliphatic carbocycles. The van der Waals surface area contributed by atoms with Crippen molar-refractivity contribution in [3.63, 3.8) is 0 Å². The number of anilines is 2. The molecule has 3 atom stereocenters. The third-order valence-electron chi connectivity index (χ3n) is 6.88. The Kier molecular flexibility index (Phi) is 6.64. The highest BCUT2D eigenvalue weighted by Crippen LogP contribution is 2.53. The van der Waals surface area contributed by atoms with Gasteiger partial charge in [0.1, 0.15) is 23.3 Å². The molecule has 1 fully saturated rings. The molecule has 4 aromatic rings. The van der Waals surface area contributed by atoms with Gasteiger partial charge in [0, 0.05) is 28.9 Å². The Labute approximate surface area is 236 Å². The number of ether oxygens (including phenoxy) is 1. The van der Waals surface area contributed by atoms with Gasteiger partial charge in [-0.1, -0.05) is 29.2 Å². The third-order valence-corrected chi connectivity index (χ3v) is 9.48. The van der Waals surface area contributed by atoms with E-state index in [1.165, 1.54) is 28.7 Å². The first-order chi connectivity index (χ1) is 19.4. The fourth-order valence-electron chi connectivity index (χ4n) is 5.05. The van der Waals surface area contributed by atoms with E-state index in [0.29, 0.717) is 32.6 Å². The van der Waals surface area contributed by atoms with E-state index in [2.05, 4.69) is 10.3 Å². The van der Waals surface area contributed by atoms with Crippen LogP contribution in [0.25, 0.3) is 0 Å².